The molecule has 1 aliphatic rings. The molecule has 2 aromatic rings. The fourth-order valence-electron chi connectivity index (χ4n) is 3.30. The van der Waals surface area contributed by atoms with Crippen molar-refractivity contribution in [3.05, 3.63) is 74.0 Å². The molecule has 134 valence electrons. The van der Waals surface area contributed by atoms with E-state index in [-0.39, 0.29) is 17.0 Å². The standard InChI is InChI=1S/C20H20ClN3O2/c1-11(2)10-24-12(3)8-16-18(20(24)25)17(14(9-22)19(23)26-16)13-6-4-5-7-15(13)21/h4-8,11,17H,10,23H2,1-3H3/t17-/m0/s1. The zero-order valence-electron chi connectivity index (χ0n) is 14.9. The summed E-state index contributed by atoms with van der Waals surface area (Å²) in [6.45, 7) is 6.53. The van der Waals surface area contributed by atoms with Gasteiger partial charge in [-0.05, 0) is 24.5 Å². The first-order valence-corrected chi connectivity index (χ1v) is 8.79. The minimum atomic E-state index is -0.649. The maximum atomic E-state index is 13.3. The predicted octanol–water partition coefficient (Wildman–Crippen LogP) is 3.68. The van der Waals surface area contributed by atoms with Crippen LogP contribution in [-0.2, 0) is 6.54 Å². The number of ether oxygens (including phenoxy) is 1. The number of nitrogens with zero attached hydrogens (tertiary/aromatic N) is 2. The van der Waals surface area contributed by atoms with E-state index in [1.807, 2.05) is 26.8 Å². The zero-order valence-corrected chi connectivity index (χ0v) is 15.7. The summed E-state index contributed by atoms with van der Waals surface area (Å²) in [4.78, 5) is 13.3. The van der Waals surface area contributed by atoms with Gasteiger partial charge in [0.05, 0.1) is 11.5 Å². The first-order chi connectivity index (χ1) is 12.3. The lowest BCUT2D eigenvalue weighted by molar-refractivity contribution is 0.386. The van der Waals surface area contributed by atoms with Gasteiger partial charge in [0.15, 0.2) is 0 Å². The molecule has 0 fully saturated rings. The van der Waals surface area contributed by atoms with Crippen molar-refractivity contribution >= 4 is 11.6 Å². The summed E-state index contributed by atoms with van der Waals surface area (Å²) in [5.74, 6) is 0.0342. The number of nitrogens with two attached hydrogens (primary N) is 1. The van der Waals surface area contributed by atoms with Crippen molar-refractivity contribution in [3.63, 3.8) is 0 Å². The Hall–Kier alpha value is -2.71. The quantitative estimate of drug-likeness (QED) is 0.894. The third-order valence-electron chi connectivity index (χ3n) is 4.45. The first-order valence-electron chi connectivity index (χ1n) is 8.41. The number of pyridine rings is 1. The Morgan fingerprint density at radius 1 is 1.38 bits per heavy atom. The number of hydrogen-bond acceptors (Lipinski definition) is 4. The average Bonchev–Trinajstić information content (AvgIpc) is 2.58. The van der Waals surface area contributed by atoms with Crippen LogP contribution < -0.4 is 16.0 Å². The van der Waals surface area contributed by atoms with Crippen LogP contribution in [0.5, 0.6) is 5.75 Å². The normalized spacial score (nSPS) is 16.2. The molecule has 0 bridgehead atoms. The highest BCUT2D eigenvalue weighted by molar-refractivity contribution is 6.31. The molecule has 1 aliphatic heterocycles. The van der Waals surface area contributed by atoms with E-state index in [0.29, 0.717) is 34.4 Å². The van der Waals surface area contributed by atoms with Crippen LogP contribution in [0.4, 0.5) is 0 Å². The van der Waals surface area contributed by atoms with Crippen LogP contribution in [0, 0.1) is 24.2 Å². The molecule has 0 radical (unpaired) electrons. The zero-order chi connectivity index (χ0) is 19.0. The monoisotopic (exact) mass is 369 g/mol. The van der Waals surface area contributed by atoms with Crippen molar-refractivity contribution in [2.24, 2.45) is 11.7 Å². The molecule has 1 aromatic carbocycles. The molecule has 0 amide bonds. The number of fused-ring (bicyclic) bond motifs is 1. The van der Waals surface area contributed by atoms with Gasteiger partial charge >= 0.3 is 0 Å². The summed E-state index contributed by atoms with van der Waals surface area (Å²) in [6.07, 6.45) is 0. The minimum absolute atomic E-state index is 0.00493. The van der Waals surface area contributed by atoms with Crippen LogP contribution in [0.1, 0.15) is 36.6 Å². The number of hydrogen-bond donors (Lipinski definition) is 1. The van der Waals surface area contributed by atoms with Crippen molar-refractivity contribution in [3.8, 4) is 11.8 Å². The largest absolute Gasteiger partial charge is 0.440 e. The number of allylic oxidation sites excluding steroid dienone is 1. The summed E-state index contributed by atoms with van der Waals surface area (Å²) < 4.78 is 7.34. The van der Waals surface area contributed by atoms with Gasteiger partial charge in [0, 0.05) is 23.3 Å². The molecule has 5 nitrogen and oxygen atoms in total. The third kappa shape index (κ3) is 2.97. The second kappa shape index (κ2) is 6.89. The topological polar surface area (TPSA) is 81.0 Å². The van der Waals surface area contributed by atoms with Crippen molar-refractivity contribution in [2.75, 3.05) is 0 Å². The highest BCUT2D eigenvalue weighted by atomic mass is 35.5. The first kappa shape index (κ1) is 18.1. The van der Waals surface area contributed by atoms with E-state index < -0.39 is 5.92 Å². The summed E-state index contributed by atoms with van der Waals surface area (Å²) >= 11 is 6.38. The summed E-state index contributed by atoms with van der Waals surface area (Å²) in [5.41, 5.74) is 7.85. The molecule has 2 N–H and O–H groups in total. The smallest absolute Gasteiger partial charge is 0.258 e. The lowest BCUT2D eigenvalue weighted by Crippen LogP contribution is -2.33. The van der Waals surface area contributed by atoms with E-state index in [1.54, 1.807) is 28.8 Å². The second-order valence-electron chi connectivity index (χ2n) is 6.82. The van der Waals surface area contributed by atoms with Gasteiger partial charge in [-0.3, -0.25) is 4.79 Å². The molecule has 6 heteroatoms. The molecule has 0 saturated heterocycles. The molecule has 1 atom stereocenters. The molecule has 2 heterocycles. The molecule has 0 spiro atoms. The summed E-state index contributed by atoms with van der Waals surface area (Å²) in [7, 11) is 0. The Morgan fingerprint density at radius 2 is 2.08 bits per heavy atom. The Labute approximate surface area is 157 Å². The molecular formula is C20H20ClN3O2. The number of nitriles is 1. The van der Waals surface area contributed by atoms with Gasteiger partial charge in [-0.1, -0.05) is 43.6 Å². The number of aryl methyl sites for hydroxylation is 1. The maximum absolute atomic E-state index is 13.3. The predicted molar refractivity (Wildman–Crippen MR) is 101 cm³/mol. The van der Waals surface area contributed by atoms with Crippen LogP contribution in [0.2, 0.25) is 5.02 Å². The van der Waals surface area contributed by atoms with E-state index in [1.165, 1.54) is 0 Å². The fourth-order valence-corrected chi connectivity index (χ4v) is 3.54. The number of benzene rings is 1. The highest BCUT2D eigenvalue weighted by Gasteiger charge is 2.35. The second-order valence-corrected chi connectivity index (χ2v) is 7.23. The van der Waals surface area contributed by atoms with Crippen molar-refractivity contribution in [2.45, 2.75) is 33.2 Å². The van der Waals surface area contributed by atoms with Crippen LogP contribution in [0.15, 0.2) is 46.6 Å². The molecule has 0 aliphatic carbocycles. The Bertz CT molecular complexity index is 999. The lowest BCUT2D eigenvalue weighted by Gasteiger charge is -2.28. The third-order valence-corrected chi connectivity index (χ3v) is 4.80. The van der Waals surface area contributed by atoms with E-state index in [2.05, 4.69) is 6.07 Å². The Morgan fingerprint density at radius 3 is 2.69 bits per heavy atom. The van der Waals surface area contributed by atoms with Crippen molar-refractivity contribution in [1.82, 2.24) is 4.57 Å². The molecule has 0 unspecified atom stereocenters. The van der Waals surface area contributed by atoms with Gasteiger partial charge in [-0.15, -0.1) is 0 Å². The van der Waals surface area contributed by atoms with E-state index in [0.717, 1.165) is 5.69 Å². The summed E-state index contributed by atoms with van der Waals surface area (Å²) in [6, 6.07) is 11.1. The van der Waals surface area contributed by atoms with Crippen LogP contribution in [0.25, 0.3) is 0 Å². The van der Waals surface area contributed by atoms with Gasteiger partial charge in [0.25, 0.3) is 5.56 Å². The molecule has 0 saturated carbocycles. The number of rotatable bonds is 3. The molecule has 1 aromatic heterocycles. The van der Waals surface area contributed by atoms with E-state index in [9.17, 15) is 10.1 Å². The Kier molecular flexibility index (Phi) is 4.80. The van der Waals surface area contributed by atoms with Gasteiger partial charge < -0.3 is 15.0 Å². The van der Waals surface area contributed by atoms with Gasteiger partial charge in [0.2, 0.25) is 5.88 Å². The number of halogens is 1. The summed E-state index contributed by atoms with van der Waals surface area (Å²) in [5, 5.41) is 10.1. The van der Waals surface area contributed by atoms with Crippen molar-refractivity contribution < 1.29 is 4.74 Å². The lowest BCUT2D eigenvalue weighted by atomic mass is 9.84. The van der Waals surface area contributed by atoms with Crippen LogP contribution >= 0.6 is 11.6 Å². The SMILES string of the molecule is Cc1cc2c(c(=O)n1CC(C)C)[C@@H](c1ccccc1Cl)C(C#N)=C(N)O2. The van der Waals surface area contributed by atoms with E-state index in [4.69, 9.17) is 22.1 Å². The van der Waals surface area contributed by atoms with Gasteiger partial charge in [-0.25, -0.2) is 0 Å². The van der Waals surface area contributed by atoms with Crippen molar-refractivity contribution in [1.29, 1.82) is 5.26 Å². The Balaban J connectivity index is 2.34. The minimum Gasteiger partial charge on any atom is -0.440 e. The van der Waals surface area contributed by atoms with Gasteiger partial charge in [-0.2, -0.15) is 5.26 Å². The molecule has 3 rings (SSSR count). The van der Waals surface area contributed by atoms with Gasteiger partial charge in [0.1, 0.15) is 17.4 Å². The molecule has 26 heavy (non-hydrogen) atoms. The van der Waals surface area contributed by atoms with Crippen LogP contribution in [0.3, 0.4) is 0 Å². The number of aromatic nitrogens is 1. The highest BCUT2D eigenvalue weighted by Crippen LogP contribution is 2.42. The molecular weight excluding hydrogens is 350 g/mol. The maximum Gasteiger partial charge on any atom is 0.258 e. The average molecular weight is 370 g/mol. The van der Waals surface area contributed by atoms with E-state index >= 15 is 0 Å². The fraction of sp³-hybridized carbons (Fsp3) is 0.300. The van der Waals surface area contributed by atoms with Crippen LogP contribution in [-0.4, -0.2) is 4.57 Å².